The summed E-state index contributed by atoms with van der Waals surface area (Å²) in [5.74, 6) is 0. The molecule has 0 saturated carbocycles. The Kier molecular flexibility index (Phi) is 2.91. The van der Waals surface area contributed by atoms with E-state index in [1.807, 2.05) is 0 Å². The van der Waals surface area contributed by atoms with E-state index in [0.29, 0.717) is 0 Å². The minimum absolute atomic E-state index is 0.830. The van der Waals surface area contributed by atoms with Crippen molar-refractivity contribution in [1.82, 2.24) is 0 Å². The highest BCUT2D eigenvalue weighted by atomic mass is 16.4. The molecule has 142 valence electrons. The first kappa shape index (κ1) is 16.1. The van der Waals surface area contributed by atoms with Crippen molar-refractivity contribution in [3.63, 3.8) is 0 Å². The van der Waals surface area contributed by atoms with Crippen LogP contribution in [0, 0.1) is 13.8 Å². The SMILES string of the molecule is Cc1cc2oc3c(ccc4c3oc3cc(C)c5ccccc5c34)c2c2ccccc12. The van der Waals surface area contributed by atoms with E-state index in [9.17, 15) is 0 Å². The second kappa shape index (κ2) is 5.43. The first-order valence-electron chi connectivity index (χ1n) is 10.3. The van der Waals surface area contributed by atoms with E-state index in [2.05, 4.69) is 86.6 Å². The van der Waals surface area contributed by atoms with Gasteiger partial charge in [0.25, 0.3) is 0 Å². The molecule has 0 unspecified atom stereocenters. The zero-order valence-electron chi connectivity index (χ0n) is 16.7. The molecule has 2 aromatic heterocycles. The highest BCUT2D eigenvalue weighted by Gasteiger charge is 2.19. The van der Waals surface area contributed by atoms with Crippen molar-refractivity contribution in [3.8, 4) is 0 Å². The molecule has 7 aromatic rings. The molecule has 0 aliphatic carbocycles. The van der Waals surface area contributed by atoms with Gasteiger partial charge in [-0.05, 0) is 70.8 Å². The lowest BCUT2D eigenvalue weighted by Crippen LogP contribution is -1.80. The van der Waals surface area contributed by atoms with Gasteiger partial charge in [-0.25, -0.2) is 0 Å². The molecule has 0 aliphatic heterocycles. The molecule has 7 rings (SSSR count). The Morgan fingerprint density at radius 2 is 0.867 bits per heavy atom. The topological polar surface area (TPSA) is 26.3 Å². The minimum atomic E-state index is 0.830. The summed E-state index contributed by atoms with van der Waals surface area (Å²) in [6.07, 6.45) is 0. The van der Waals surface area contributed by atoms with Gasteiger partial charge in [0.2, 0.25) is 0 Å². The molecule has 5 aromatic carbocycles. The average molecular weight is 386 g/mol. The lowest BCUT2D eigenvalue weighted by Gasteiger charge is -2.03. The van der Waals surface area contributed by atoms with Gasteiger partial charge in [-0.3, -0.25) is 0 Å². The third-order valence-corrected chi connectivity index (χ3v) is 6.51. The highest BCUT2D eigenvalue weighted by molar-refractivity contribution is 6.27. The van der Waals surface area contributed by atoms with Gasteiger partial charge in [0, 0.05) is 21.5 Å². The van der Waals surface area contributed by atoms with E-state index in [1.54, 1.807) is 0 Å². The summed E-state index contributed by atoms with van der Waals surface area (Å²) >= 11 is 0. The summed E-state index contributed by atoms with van der Waals surface area (Å²) in [5, 5.41) is 9.51. The molecule has 0 spiro atoms. The molecule has 0 saturated heterocycles. The fourth-order valence-corrected chi connectivity index (χ4v) is 5.14. The maximum atomic E-state index is 6.43. The quantitative estimate of drug-likeness (QED) is 0.261. The van der Waals surface area contributed by atoms with E-state index >= 15 is 0 Å². The molecule has 0 atom stereocenters. The van der Waals surface area contributed by atoms with Crippen LogP contribution in [0.4, 0.5) is 0 Å². The van der Waals surface area contributed by atoms with Crippen LogP contribution in [0.15, 0.2) is 81.6 Å². The number of hydrogen-bond donors (Lipinski definition) is 0. The molecular weight excluding hydrogens is 368 g/mol. The van der Waals surface area contributed by atoms with Crippen LogP contribution >= 0.6 is 0 Å². The molecule has 0 N–H and O–H groups in total. The van der Waals surface area contributed by atoms with Gasteiger partial charge in [-0.2, -0.15) is 0 Å². The van der Waals surface area contributed by atoms with Crippen molar-refractivity contribution < 1.29 is 8.83 Å². The molecule has 2 heterocycles. The lowest BCUT2D eigenvalue weighted by atomic mass is 9.98. The zero-order chi connectivity index (χ0) is 20.0. The van der Waals surface area contributed by atoms with E-state index in [1.165, 1.54) is 32.7 Å². The van der Waals surface area contributed by atoms with Crippen LogP contribution in [0.1, 0.15) is 11.1 Å². The molecule has 2 nitrogen and oxygen atoms in total. The molecule has 30 heavy (non-hydrogen) atoms. The van der Waals surface area contributed by atoms with Gasteiger partial charge in [0.15, 0.2) is 11.2 Å². The van der Waals surface area contributed by atoms with Crippen LogP contribution in [-0.2, 0) is 0 Å². The van der Waals surface area contributed by atoms with E-state index in [0.717, 1.165) is 43.9 Å². The fourth-order valence-electron chi connectivity index (χ4n) is 5.14. The van der Waals surface area contributed by atoms with Gasteiger partial charge in [-0.15, -0.1) is 0 Å². The standard InChI is InChI=1S/C28H18O2/c1-15-13-23-25(19-9-5-3-7-17(15)19)21-11-12-22-26-20-10-6-4-8-18(20)16(2)14-24(26)30-28(22)27(21)29-23/h3-14H,1-2H3. The largest absolute Gasteiger partial charge is 0.452 e. The van der Waals surface area contributed by atoms with Crippen molar-refractivity contribution in [2.45, 2.75) is 13.8 Å². The van der Waals surface area contributed by atoms with Crippen molar-refractivity contribution in [1.29, 1.82) is 0 Å². The van der Waals surface area contributed by atoms with Gasteiger partial charge in [0.1, 0.15) is 11.2 Å². The normalized spacial score (nSPS) is 12.3. The molecule has 0 radical (unpaired) electrons. The fraction of sp³-hybridized carbons (Fsp3) is 0.0714. The maximum Gasteiger partial charge on any atom is 0.178 e. The summed E-state index contributed by atoms with van der Waals surface area (Å²) < 4.78 is 12.9. The van der Waals surface area contributed by atoms with E-state index in [4.69, 9.17) is 8.83 Å². The molecule has 0 bridgehead atoms. The molecule has 0 aliphatic rings. The number of benzene rings is 5. The third-order valence-electron chi connectivity index (χ3n) is 6.51. The van der Waals surface area contributed by atoms with Crippen LogP contribution < -0.4 is 0 Å². The Morgan fingerprint density at radius 3 is 1.30 bits per heavy atom. The Hall–Kier alpha value is -3.78. The Balaban J connectivity index is 1.73. The second-order valence-corrected chi connectivity index (χ2v) is 8.25. The number of aryl methyl sites for hydroxylation is 2. The Bertz CT molecular complexity index is 1680. The monoisotopic (exact) mass is 386 g/mol. The van der Waals surface area contributed by atoms with Gasteiger partial charge in [-0.1, -0.05) is 48.5 Å². The second-order valence-electron chi connectivity index (χ2n) is 8.25. The smallest absolute Gasteiger partial charge is 0.178 e. The summed E-state index contributed by atoms with van der Waals surface area (Å²) in [7, 11) is 0. The van der Waals surface area contributed by atoms with E-state index < -0.39 is 0 Å². The van der Waals surface area contributed by atoms with Crippen LogP contribution in [0.3, 0.4) is 0 Å². The Labute approximate surface area is 172 Å². The van der Waals surface area contributed by atoms with E-state index in [-0.39, 0.29) is 0 Å². The van der Waals surface area contributed by atoms with Crippen LogP contribution in [0.2, 0.25) is 0 Å². The molecule has 0 fully saturated rings. The van der Waals surface area contributed by atoms with Gasteiger partial charge < -0.3 is 8.83 Å². The summed E-state index contributed by atoms with van der Waals surface area (Å²) in [5.41, 5.74) is 5.93. The predicted octanol–water partition coefficient (Wildman–Crippen LogP) is 8.41. The highest BCUT2D eigenvalue weighted by Crippen LogP contribution is 2.43. The molecular formula is C28H18O2. The Morgan fingerprint density at radius 1 is 0.467 bits per heavy atom. The summed E-state index contributed by atoms with van der Waals surface area (Å²) in [6, 6.07) is 25.8. The van der Waals surface area contributed by atoms with Gasteiger partial charge in [0.05, 0.1) is 0 Å². The summed E-state index contributed by atoms with van der Waals surface area (Å²) in [4.78, 5) is 0. The summed E-state index contributed by atoms with van der Waals surface area (Å²) in [6.45, 7) is 4.28. The number of furan rings is 2. The van der Waals surface area contributed by atoms with Crippen molar-refractivity contribution in [2.24, 2.45) is 0 Å². The first-order chi connectivity index (χ1) is 14.7. The van der Waals surface area contributed by atoms with Crippen molar-refractivity contribution in [2.75, 3.05) is 0 Å². The predicted molar refractivity (Wildman–Crippen MR) is 125 cm³/mol. The maximum absolute atomic E-state index is 6.43. The van der Waals surface area contributed by atoms with Crippen molar-refractivity contribution >= 4 is 65.4 Å². The molecule has 2 heteroatoms. The van der Waals surface area contributed by atoms with Crippen LogP contribution in [0.25, 0.3) is 65.4 Å². The third kappa shape index (κ3) is 1.89. The number of fused-ring (bicyclic) bond motifs is 11. The molecule has 0 amide bonds. The minimum Gasteiger partial charge on any atom is -0.452 e. The zero-order valence-corrected chi connectivity index (χ0v) is 16.7. The first-order valence-corrected chi connectivity index (χ1v) is 10.3. The van der Waals surface area contributed by atoms with Gasteiger partial charge >= 0.3 is 0 Å². The average Bonchev–Trinajstić information content (AvgIpc) is 3.32. The number of rotatable bonds is 0. The van der Waals surface area contributed by atoms with Crippen molar-refractivity contribution in [3.05, 3.63) is 83.9 Å². The van der Waals surface area contributed by atoms with Crippen LogP contribution in [0.5, 0.6) is 0 Å². The number of hydrogen-bond acceptors (Lipinski definition) is 2. The van der Waals surface area contributed by atoms with Crippen LogP contribution in [-0.4, -0.2) is 0 Å². The lowest BCUT2D eigenvalue weighted by molar-refractivity contribution is 0.633.